The predicted octanol–water partition coefficient (Wildman–Crippen LogP) is 1.06. The van der Waals surface area contributed by atoms with Crippen LogP contribution < -0.4 is 0 Å². The Bertz CT molecular complexity index is 497. The SMILES string of the molecule is CCC(C)N(CC(=O)O)C(=O)CN(C)C(=O)c1ccco1. The molecule has 0 aliphatic rings. The third-order valence-electron chi connectivity index (χ3n) is 3.20. The summed E-state index contributed by atoms with van der Waals surface area (Å²) in [4.78, 5) is 37.5. The molecule has 1 atom stereocenters. The molecule has 1 N–H and O–H groups in total. The third kappa shape index (κ3) is 4.62. The monoisotopic (exact) mass is 296 g/mol. The molecule has 1 unspecified atom stereocenters. The molecule has 0 fully saturated rings. The smallest absolute Gasteiger partial charge is 0.323 e. The Morgan fingerprint density at radius 2 is 2.00 bits per heavy atom. The van der Waals surface area contributed by atoms with Crippen LogP contribution in [0.5, 0.6) is 0 Å². The minimum atomic E-state index is -1.08. The summed E-state index contributed by atoms with van der Waals surface area (Å²) in [7, 11) is 1.47. The second kappa shape index (κ2) is 7.47. The van der Waals surface area contributed by atoms with Crippen molar-refractivity contribution in [1.82, 2.24) is 9.80 Å². The molecule has 0 aromatic carbocycles. The minimum Gasteiger partial charge on any atom is -0.480 e. The molecule has 0 saturated carbocycles. The van der Waals surface area contributed by atoms with E-state index in [1.165, 1.54) is 29.2 Å². The first-order chi connectivity index (χ1) is 9.86. The van der Waals surface area contributed by atoms with Gasteiger partial charge in [0.2, 0.25) is 5.91 Å². The number of furan rings is 1. The van der Waals surface area contributed by atoms with Gasteiger partial charge in [0.1, 0.15) is 6.54 Å². The van der Waals surface area contributed by atoms with Gasteiger partial charge in [-0.15, -0.1) is 0 Å². The average Bonchev–Trinajstić information content (AvgIpc) is 2.96. The summed E-state index contributed by atoms with van der Waals surface area (Å²) in [6, 6.07) is 2.88. The van der Waals surface area contributed by atoms with Crippen LogP contribution >= 0.6 is 0 Å². The summed E-state index contributed by atoms with van der Waals surface area (Å²) in [5.74, 6) is -1.77. The van der Waals surface area contributed by atoms with Crippen LogP contribution in [0.2, 0.25) is 0 Å². The van der Waals surface area contributed by atoms with Crippen LogP contribution in [0.25, 0.3) is 0 Å². The van der Waals surface area contributed by atoms with Crippen molar-refractivity contribution >= 4 is 17.8 Å². The second-order valence-electron chi connectivity index (χ2n) is 4.81. The van der Waals surface area contributed by atoms with E-state index in [1.54, 1.807) is 13.0 Å². The van der Waals surface area contributed by atoms with Crippen molar-refractivity contribution in [3.05, 3.63) is 24.2 Å². The molecule has 0 spiro atoms. The zero-order valence-electron chi connectivity index (χ0n) is 12.4. The highest BCUT2D eigenvalue weighted by Gasteiger charge is 2.25. The Balaban J connectivity index is 2.72. The minimum absolute atomic E-state index is 0.138. The van der Waals surface area contributed by atoms with Crippen LogP contribution in [0.1, 0.15) is 30.8 Å². The summed E-state index contributed by atoms with van der Waals surface area (Å²) < 4.78 is 4.98. The summed E-state index contributed by atoms with van der Waals surface area (Å²) in [5, 5.41) is 8.88. The van der Waals surface area contributed by atoms with E-state index in [-0.39, 0.29) is 24.9 Å². The maximum absolute atomic E-state index is 12.2. The number of hydrogen-bond acceptors (Lipinski definition) is 4. The molecule has 0 aliphatic carbocycles. The molecule has 21 heavy (non-hydrogen) atoms. The van der Waals surface area contributed by atoms with E-state index in [1.807, 2.05) is 6.92 Å². The number of nitrogens with zero attached hydrogens (tertiary/aromatic N) is 2. The van der Waals surface area contributed by atoms with Gasteiger partial charge >= 0.3 is 5.97 Å². The predicted molar refractivity (Wildman–Crippen MR) is 74.8 cm³/mol. The summed E-state index contributed by atoms with van der Waals surface area (Å²) >= 11 is 0. The van der Waals surface area contributed by atoms with Gasteiger partial charge in [-0.25, -0.2) is 0 Å². The van der Waals surface area contributed by atoms with Crippen LogP contribution in [0.4, 0.5) is 0 Å². The van der Waals surface area contributed by atoms with Crippen molar-refractivity contribution in [2.24, 2.45) is 0 Å². The largest absolute Gasteiger partial charge is 0.480 e. The molecule has 2 amide bonds. The molecule has 116 valence electrons. The van der Waals surface area contributed by atoms with Gasteiger partial charge in [-0.1, -0.05) is 6.92 Å². The van der Waals surface area contributed by atoms with E-state index in [4.69, 9.17) is 9.52 Å². The van der Waals surface area contributed by atoms with Gasteiger partial charge in [0, 0.05) is 13.1 Å². The maximum Gasteiger partial charge on any atom is 0.323 e. The molecule has 1 heterocycles. The standard InChI is InChI=1S/C14H20N2O5/c1-4-10(2)16(9-13(18)19)12(17)8-15(3)14(20)11-6-5-7-21-11/h5-7,10H,4,8-9H2,1-3H3,(H,18,19). The molecule has 1 aromatic rings. The van der Waals surface area contributed by atoms with Crippen LogP contribution in [-0.2, 0) is 9.59 Å². The first-order valence-electron chi connectivity index (χ1n) is 6.67. The van der Waals surface area contributed by atoms with Gasteiger partial charge in [0.05, 0.1) is 12.8 Å². The van der Waals surface area contributed by atoms with Crippen molar-refractivity contribution in [2.45, 2.75) is 26.3 Å². The molecular formula is C14H20N2O5. The number of hydrogen-bond donors (Lipinski definition) is 1. The van der Waals surface area contributed by atoms with Crippen LogP contribution in [-0.4, -0.2) is 58.9 Å². The number of carboxylic acid groups (broad SMARTS) is 1. The van der Waals surface area contributed by atoms with Crippen LogP contribution in [0.15, 0.2) is 22.8 Å². The lowest BCUT2D eigenvalue weighted by Gasteiger charge is -2.28. The zero-order chi connectivity index (χ0) is 16.0. The van der Waals surface area contributed by atoms with Gasteiger partial charge in [0.25, 0.3) is 5.91 Å². The highest BCUT2D eigenvalue weighted by molar-refractivity contribution is 5.94. The van der Waals surface area contributed by atoms with Crippen LogP contribution in [0.3, 0.4) is 0 Å². The Labute approximate surface area is 123 Å². The number of carbonyl (C=O) groups is 3. The lowest BCUT2D eigenvalue weighted by atomic mass is 10.2. The zero-order valence-corrected chi connectivity index (χ0v) is 12.4. The lowest BCUT2D eigenvalue weighted by Crippen LogP contribution is -2.47. The molecular weight excluding hydrogens is 276 g/mol. The number of likely N-dealkylation sites (N-methyl/N-ethyl adjacent to an activating group) is 1. The quantitative estimate of drug-likeness (QED) is 0.812. The molecule has 7 heteroatoms. The summed E-state index contributed by atoms with van der Waals surface area (Å²) in [6.45, 7) is 3.06. The van der Waals surface area contributed by atoms with E-state index < -0.39 is 17.8 Å². The third-order valence-corrected chi connectivity index (χ3v) is 3.20. The van der Waals surface area contributed by atoms with Gasteiger partial charge in [-0.2, -0.15) is 0 Å². The Morgan fingerprint density at radius 1 is 1.33 bits per heavy atom. The first-order valence-corrected chi connectivity index (χ1v) is 6.67. The Hall–Kier alpha value is -2.31. The molecule has 0 aliphatic heterocycles. The van der Waals surface area contributed by atoms with E-state index >= 15 is 0 Å². The van der Waals surface area contributed by atoms with E-state index in [2.05, 4.69) is 0 Å². The van der Waals surface area contributed by atoms with Gasteiger partial charge < -0.3 is 19.3 Å². The molecule has 0 saturated heterocycles. The van der Waals surface area contributed by atoms with Crippen molar-refractivity contribution in [1.29, 1.82) is 0 Å². The number of aliphatic carboxylic acids is 1. The first kappa shape index (κ1) is 16.7. The topological polar surface area (TPSA) is 91.1 Å². The van der Waals surface area contributed by atoms with Crippen molar-refractivity contribution in [3.8, 4) is 0 Å². The van der Waals surface area contributed by atoms with Crippen molar-refractivity contribution in [2.75, 3.05) is 20.1 Å². The molecule has 1 rings (SSSR count). The van der Waals surface area contributed by atoms with Crippen LogP contribution in [0, 0.1) is 0 Å². The van der Waals surface area contributed by atoms with E-state index in [0.29, 0.717) is 6.42 Å². The van der Waals surface area contributed by atoms with Crippen molar-refractivity contribution in [3.63, 3.8) is 0 Å². The normalized spacial score (nSPS) is 11.8. The lowest BCUT2D eigenvalue weighted by molar-refractivity contribution is -0.146. The summed E-state index contributed by atoms with van der Waals surface area (Å²) in [5.41, 5.74) is 0. The highest BCUT2D eigenvalue weighted by atomic mass is 16.4. The molecule has 0 bridgehead atoms. The Morgan fingerprint density at radius 3 is 2.48 bits per heavy atom. The van der Waals surface area contributed by atoms with E-state index in [9.17, 15) is 14.4 Å². The fourth-order valence-corrected chi connectivity index (χ4v) is 1.81. The maximum atomic E-state index is 12.2. The number of amides is 2. The summed E-state index contributed by atoms with van der Waals surface area (Å²) in [6.07, 6.45) is 2.01. The fraction of sp³-hybridized carbons (Fsp3) is 0.500. The second-order valence-corrected chi connectivity index (χ2v) is 4.81. The fourth-order valence-electron chi connectivity index (χ4n) is 1.81. The molecule has 0 radical (unpaired) electrons. The number of rotatable bonds is 7. The molecule has 1 aromatic heterocycles. The van der Waals surface area contributed by atoms with Crippen molar-refractivity contribution < 1.29 is 23.9 Å². The van der Waals surface area contributed by atoms with E-state index in [0.717, 1.165) is 0 Å². The number of carbonyl (C=O) groups excluding carboxylic acids is 2. The van der Waals surface area contributed by atoms with Gasteiger partial charge in [-0.3, -0.25) is 14.4 Å². The Kier molecular flexibility index (Phi) is 5.95. The highest BCUT2D eigenvalue weighted by Crippen LogP contribution is 2.07. The average molecular weight is 296 g/mol. The van der Waals surface area contributed by atoms with Gasteiger partial charge in [0.15, 0.2) is 5.76 Å². The molecule has 7 nitrogen and oxygen atoms in total. The van der Waals surface area contributed by atoms with Gasteiger partial charge in [-0.05, 0) is 25.5 Å². The number of carboxylic acids is 1.